The molecule has 2 N–H and O–H groups in total. The molecule has 0 aliphatic carbocycles. The molecule has 0 unspecified atom stereocenters. The molecule has 128 valence electrons. The van der Waals surface area contributed by atoms with Gasteiger partial charge in [-0.15, -0.1) is 0 Å². The maximum Gasteiger partial charge on any atom is 0.323 e. The van der Waals surface area contributed by atoms with Gasteiger partial charge in [0.1, 0.15) is 5.75 Å². The van der Waals surface area contributed by atoms with Crippen molar-refractivity contribution in [1.29, 1.82) is 0 Å². The van der Waals surface area contributed by atoms with E-state index in [-0.39, 0.29) is 6.03 Å². The lowest BCUT2D eigenvalue weighted by Crippen LogP contribution is -2.19. The molecule has 0 saturated heterocycles. The highest BCUT2D eigenvalue weighted by Crippen LogP contribution is 2.36. The molecule has 0 aliphatic heterocycles. The molecule has 2 aromatic carbocycles. The molecular weight excluding hydrogens is 384 g/mol. The second-order valence-electron chi connectivity index (χ2n) is 5.32. The molecule has 3 aromatic rings. The van der Waals surface area contributed by atoms with E-state index < -0.39 is 0 Å². The van der Waals surface area contributed by atoms with Crippen molar-refractivity contribution in [3.8, 4) is 17.0 Å². The first-order chi connectivity index (χ1) is 12.1. The van der Waals surface area contributed by atoms with Gasteiger partial charge in [-0.05, 0) is 46.3 Å². The van der Waals surface area contributed by atoms with E-state index in [9.17, 15) is 4.79 Å². The molecule has 7 heteroatoms. The normalized spacial score (nSPS) is 10.4. The van der Waals surface area contributed by atoms with Crippen LogP contribution in [-0.4, -0.2) is 22.9 Å². The zero-order valence-electron chi connectivity index (χ0n) is 13.8. The quantitative estimate of drug-likeness (QED) is 0.677. The van der Waals surface area contributed by atoms with Crippen LogP contribution in [-0.2, 0) is 7.05 Å². The van der Waals surface area contributed by atoms with Crippen LogP contribution in [0.1, 0.15) is 0 Å². The molecular formula is C18H17BrN4O2. The fourth-order valence-corrected chi connectivity index (χ4v) is 3.06. The van der Waals surface area contributed by atoms with Crippen LogP contribution >= 0.6 is 15.9 Å². The number of halogens is 1. The number of amides is 2. The Balaban J connectivity index is 1.86. The summed E-state index contributed by atoms with van der Waals surface area (Å²) in [6.07, 6.45) is 1.72. The van der Waals surface area contributed by atoms with E-state index in [2.05, 4.69) is 31.7 Å². The van der Waals surface area contributed by atoms with Gasteiger partial charge in [0.05, 0.1) is 23.5 Å². The largest absolute Gasteiger partial charge is 0.496 e. The zero-order chi connectivity index (χ0) is 17.8. The van der Waals surface area contributed by atoms with Crippen LogP contribution in [0, 0.1) is 0 Å². The van der Waals surface area contributed by atoms with Gasteiger partial charge in [-0.2, -0.15) is 5.10 Å². The number of nitrogens with one attached hydrogen (secondary N) is 2. The molecule has 0 atom stereocenters. The Bertz CT molecular complexity index is 874. The highest BCUT2D eigenvalue weighted by Gasteiger charge is 2.15. The maximum absolute atomic E-state index is 12.2. The summed E-state index contributed by atoms with van der Waals surface area (Å²) in [4.78, 5) is 12.2. The van der Waals surface area contributed by atoms with E-state index in [0.29, 0.717) is 11.4 Å². The number of aryl methyl sites for hydroxylation is 1. The van der Waals surface area contributed by atoms with Crippen LogP contribution < -0.4 is 15.4 Å². The van der Waals surface area contributed by atoms with E-state index in [1.807, 2.05) is 49.5 Å². The van der Waals surface area contributed by atoms with Crippen molar-refractivity contribution in [2.24, 2.45) is 7.05 Å². The molecule has 0 aliphatic rings. The first kappa shape index (κ1) is 17.0. The Kier molecular flexibility index (Phi) is 5.04. The Morgan fingerprint density at radius 2 is 1.84 bits per heavy atom. The summed E-state index contributed by atoms with van der Waals surface area (Å²) < 4.78 is 8.04. The molecule has 6 nitrogen and oxygen atoms in total. The summed E-state index contributed by atoms with van der Waals surface area (Å²) in [6, 6.07) is 14.4. The Morgan fingerprint density at radius 1 is 1.12 bits per heavy atom. The number of aromatic nitrogens is 2. The third-order valence-corrected chi connectivity index (χ3v) is 4.22. The van der Waals surface area contributed by atoms with Gasteiger partial charge >= 0.3 is 6.03 Å². The van der Waals surface area contributed by atoms with Crippen LogP contribution in [0.4, 0.5) is 16.2 Å². The van der Waals surface area contributed by atoms with Crippen LogP contribution in [0.2, 0.25) is 0 Å². The molecule has 0 bridgehead atoms. The van der Waals surface area contributed by atoms with Gasteiger partial charge in [-0.25, -0.2) is 4.79 Å². The van der Waals surface area contributed by atoms with Crippen LogP contribution in [0.25, 0.3) is 11.3 Å². The van der Waals surface area contributed by atoms with E-state index >= 15 is 0 Å². The smallest absolute Gasteiger partial charge is 0.323 e. The number of carbonyl (C=O) groups excluding carboxylic acids is 1. The molecule has 1 heterocycles. The van der Waals surface area contributed by atoms with Crippen molar-refractivity contribution in [2.75, 3.05) is 17.7 Å². The summed E-state index contributed by atoms with van der Waals surface area (Å²) in [6.45, 7) is 0. The topological polar surface area (TPSA) is 68.2 Å². The van der Waals surface area contributed by atoms with E-state index in [4.69, 9.17) is 4.74 Å². The lowest BCUT2D eigenvalue weighted by Gasteiger charge is -2.13. The molecule has 1 aromatic heterocycles. The van der Waals surface area contributed by atoms with Gasteiger partial charge in [0.15, 0.2) is 0 Å². The van der Waals surface area contributed by atoms with Crippen molar-refractivity contribution in [2.45, 2.75) is 0 Å². The first-order valence-electron chi connectivity index (χ1n) is 7.57. The van der Waals surface area contributed by atoms with Crippen LogP contribution in [0.5, 0.6) is 5.75 Å². The maximum atomic E-state index is 12.2. The molecule has 2 amide bonds. The number of ether oxygens (including phenoxy) is 1. The van der Waals surface area contributed by atoms with E-state index in [1.54, 1.807) is 24.1 Å². The van der Waals surface area contributed by atoms with Gasteiger partial charge in [0, 0.05) is 24.0 Å². The van der Waals surface area contributed by atoms with Crippen molar-refractivity contribution >= 4 is 33.3 Å². The average molecular weight is 401 g/mol. The van der Waals surface area contributed by atoms with E-state index in [0.717, 1.165) is 21.4 Å². The summed E-state index contributed by atoms with van der Waals surface area (Å²) in [5.41, 5.74) is 3.07. The predicted molar refractivity (Wildman–Crippen MR) is 102 cm³/mol. The van der Waals surface area contributed by atoms with Crippen LogP contribution in [0.3, 0.4) is 0 Å². The van der Waals surface area contributed by atoms with Gasteiger partial charge in [0.2, 0.25) is 0 Å². The average Bonchev–Trinajstić information content (AvgIpc) is 2.94. The second kappa shape index (κ2) is 7.40. The molecule has 0 saturated carbocycles. The number of rotatable bonds is 4. The number of hydrogen-bond acceptors (Lipinski definition) is 3. The van der Waals surface area contributed by atoms with Crippen molar-refractivity contribution < 1.29 is 9.53 Å². The molecule has 0 spiro atoms. The number of hydrogen-bond donors (Lipinski definition) is 2. The third-order valence-electron chi connectivity index (χ3n) is 3.64. The Hall–Kier alpha value is -2.80. The van der Waals surface area contributed by atoms with E-state index in [1.165, 1.54) is 0 Å². The number of carbonyl (C=O) groups is 1. The fourth-order valence-electron chi connectivity index (χ4n) is 2.50. The van der Waals surface area contributed by atoms with Gasteiger partial charge < -0.3 is 15.4 Å². The summed E-state index contributed by atoms with van der Waals surface area (Å²) in [7, 11) is 3.46. The molecule has 0 fully saturated rings. The van der Waals surface area contributed by atoms with Crippen molar-refractivity contribution in [3.63, 3.8) is 0 Å². The van der Waals surface area contributed by atoms with Crippen LogP contribution in [0.15, 0.2) is 59.2 Å². The second-order valence-corrected chi connectivity index (χ2v) is 6.18. The highest BCUT2D eigenvalue weighted by molar-refractivity contribution is 9.10. The first-order valence-corrected chi connectivity index (χ1v) is 8.36. The zero-order valence-corrected chi connectivity index (χ0v) is 15.4. The SMILES string of the molecule is COc1ccc(NC(=O)Nc2ccccc2)cc1-c1c(Br)cnn1C. The van der Waals surface area contributed by atoms with Gasteiger partial charge in [0.25, 0.3) is 0 Å². The number of nitrogens with zero attached hydrogens (tertiary/aromatic N) is 2. The Labute approximate surface area is 153 Å². The molecule has 25 heavy (non-hydrogen) atoms. The number of urea groups is 1. The fraction of sp³-hybridized carbons (Fsp3) is 0.111. The van der Waals surface area contributed by atoms with Crippen molar-refractivity contribution in [1.82, 2.24) is 9.78 Å². The third kappa shape index (κ3) is 3.83. The van der Waals surface area contributed by atoms with Gasteiger partial charge in [-0.3, -0.25) is 4.68 Å². The Morgan fingerprint density at radius 3 is 2.48 bits per heavy atom. The molecule has 0 radical (unpaired) electrons. The minimum absolute atomic E-state index is 0.314. The number of para-hydroxylation sites is 1. The monoisotopic (exact) mass is 400 g/mol. The number of benzene rings is 2. The lowest BCUT2D eigenvalue weighted by molar-refractivity contribution is 0.262. The lowest BCUT2D eigenvalue weighted by atomic mass is 10.1. The predicted octanol–water partition coefficient (Wildman–Crippen LogP) is 4.50. The summed E-state index contributed by atoms with van der Waals surface area (Å²) in [5, 5.41) is 9.85. The highest BCUT2D eigenvalue weighted by atomic mass is 79.9. The van der Waals surface area contributed by atoms with Crippen molar-refractivity contribution in [3.05, 3.63) is 59.2 Å². The summed E-state index contributed by atoms with van der Waals surface area (Å²) in [5.74, 6) is 0.693. The molecule has 3 rings (SSSR count). The standard InChI is InChI=1S/C18H17BrN4O2/c1-23-17(15(19)11-20-23)14-10-13(8-9-16(14)25-2)22-18(24)21-12-6-4-3-5-7-12/h3-11H,1-2H3,(H2,21,22,24). The minimum Gasteiger partial charge on any atom is -0.496 e. The number of anilines is 2. The summed E-state index contributed by atoms with van der Waals surface area (Å²) >= 11 is 3.50. The van der Waals surface area contributed by atoms with Gasteiger partial charge in [-0.1, -0.05) is 18.2 Å². The number of methoxy groups -OCH3 is 1. The minimum atomic E-state index is -0.314.